The molecule has 0 aliphatic rings. The topological polar surface area (TPSA) is 81.4 Å². The Bertz CT molecular complexity index is 1190. The van der Waals surface area contributed by atoms with Gasteiger partial charge in [0, 0.05) is 17.1 Å². The lowest BCUT2D eigenvalue weighted by molar-refractivity contribution is -0.113. The maximum Gasteiger partial charge on any atom is 0.256 e. The van der Waals surface area contributed by atoms with Crippen molar-refractivity contribution in [2.75, 3.05) is 11.1 Å². The normalized spacial score (nSPS) is 10.9. The van der Waals surface area contributed by atoms with E-state index in [9.17, 15) is 4.79 Å². The van der Waals surface area contributed by atoms with Crippen LogP contribution in [0.15, 0.2) is 59.8 Å². The van der Waals surface area contributed by atoms with Crippen molar-refractivity contribution < 1.29 is 9.53 Å². The Kier molecular flexibility index (Phi) is 5.67. The summed E-state index contributed by atoms with van der Waals surface area (Å²) < 4.78 is 7.66. The van der Waals surface area contributed by atoms with Gasteiger partial charge in [-0.1, -0.05) is 29.5 Å². The molecule has 0 fully saturated rings. The van der Waals surface area contributed by atoms with Crippen LogP contribution in [0, 0.1) is 20.8 Å². The van der Waals surface area contributed by atoms with Gasteiger partial charge in [-0.15, -0.1) is 10.2 Å². The molecule has 1 amide bonds. The van der Waals surface area contributed by atoms with Crippen LogP contribution in [0.4, 0.5) is 5.69 Å². The first kappa shape index (κ1) is 19.9. The highest BCUT2D eigenvalue weighted by Crippen LogP contribution is 2.24. The van der Waals surface area contributed by atoms with Crippen molar-refractivity contribution in [3.8, 4) is 11.5 Å². The standard InChI is InChI=1S/C22H21N5O2S/c1-14-4-8-18(9-5-14)29-19-10-6-17(7-11-19)24-20(28)13-30-22-26-25-21-23-15(2)12-16(3)27(21)22/h4-12H,13H2,1-3H3,(H,24,28). The fraction of sp³-hybridized carbons (Fsp3) is 0.182. The van der Waals surface area contributed by atoms with E-state index in [1.165, 1.54) is 17.3 Å². The molecule has 0 unspecified atom stereocenters. The van der Waals surface area contributed by atoms with Crippen molar-refractivity contribution in [2.24, 2.45) is 0 Å². The number of carbonyl (C=O) groups excluding carboxylic acids is 1. The molecule has 0 spiro atoms. The lowest BCUT2D eigenvalue weighted by Crippen LogP contribution is -2.14. The van der Waals surface area contributed by atoms with E-state index in [0.29, 0.717) is 22.4 Å². The molecule has 0 aliphatic carbocycles. The van der Waals surface area contributed by atoms with E-state index in [2.05, 4.69) is 20.5 Å². The van der Waals surface area contributed by atoms with E-state index in [4.69, 9.17) is 4.74 Å². The van der Waals surface area contributed by atoms with Gasteiger partial charge in [-0.05, 0) is 63.2 Å². The minimum absolute atomic E-state index is 0.123. The van der Waals surface area contributed by atoms with Gasteiger partial charge in [0.2, 0.25) is 5.91 Å². The summed E-state index contributed by atoms with van der Waals surface area (Å²) in [6, 6.07) is 17.1. The summed E-state index contributed by atoms with van der Waals surface area (Å²) in [5, 5.41) is 11.8. The molecular formula is C22H21N5O2S. The summed E-state index contributed by atoms with van der Waals surface area (Å²) in [6.45, 7) is 5.92. The number of aryl methyl sites for hydroxylation is 3. The lowest BCUT2D eigenvalue weighted by atomic mass is 10.2. The van der Waals surface area contributed by atoms with Crippen LogP contribution >= 0.6 is 11.8 Å². The van der Waals surface area contributed by atoms with Gasteiger partial charge in [-0.2, -0.15) is 0 Å². The number of ether oxygens (including phenoxy) is 1. The van der Waals surface area contributed by atoms with Gasteiger partial charge in [0.1, 0.15) is 11.5 Å². The minimum atomic E-state index is -0.123. The second-order valence-corrected chi connectivity index (χ2v) is 7.88. The van der Waals surface area contributed by atoms with Crippen LogP contribution in [0.2, 0.25) is 0 Å². The van der Waals surface area contributed by atoms with E-state index in [-0.39, 0.29) is 11.7 Å². The van der Waals surface area contributed by atoms with Gasteiger partial charge in [-0.3, -0.25) is 9.20 Å². The predicted octanol–water partition coefficient (Wildman–Crippen LogP) is 4.57. The third-order valence-corrected chi connectivity index (χ3v) is 5.32. The monoisotopic (exact) mass is 419 g/mol. The van der Waals surface area contributed by atoms with Crippen LogP contribution in [-0.2, 0) is 4.79 Å². The molecule has 2 aromatic carbocycles. The summed E-state index contributed by atoms with van der Waals surface area (Å²) in [7, 11) is 0. The van der Waals surface area contributed by atoms with Crippen LogP contribution in [0.5, 0.6) is 11.5 Å². The summed E-state index contributed by atoms with van der Waals surface area (Å²) >= 11 is 1.32. The zero-order chi connectivity index (χ0) is 21.1. The Morgan fingerprint density at radius 3 is 2.37 bits per heavy atom. The van der Waals surface area contributed by atoms with Crippen molar-refractivity contribution in [2.45, 2.75) is 25.9 Å². The number of hydrogen-bond acceptors (Lipinski definition) is 6. The van der Waals surface area contributed by atoms with Gasteiger partial charge in [0.15, 0.2) is 5.16 Å². The maximum atomic E-state index is 12.4. The SMILES string of the molecule is Cc1ccc(Oc2ccc(NC(=O)CSc3nnc4nc(C)cc(C)n34)cc2)cc1. The van der Waals surface area contributed by atoms with Crippen LogP contribution in [0.25, 0.3) is 5.78 Å². The van der Waals surface area contributed by atoms with E-state index in [0.717, 1.165) is 17.1 Å². The molecule has 30 heavy (non-hydrogen) atoms. The smallest absolute Gasteiger partial charge is 0.256 e. The third kappa shape index (κ3) is 4.60. The highest BCUT2D eigenvalue weighted by molar-refractivity contribution is 7.99. The maximum absolute atomic E-state index is 12.4. The van der Waals surface area contributed by atoms with Crippen LogP contribution < -0.4 is 10.1 Å². The molecule has 2 heterocycles. The van der Waals surface area contributed by atoms with Crippen molar-refractivity contribution in [1.29, 1.82) is 0 Å². The first-order chi connectivity index (χ1) is 14.5. The summed E-state index contributed by atoms with van der Waals surface area (Å²) in [6.07, 6.45) is 0. The number of nitrogens with one attached hydrogen (secondary N) is 1. The Morgan fingerprint density at radius 1 is 1.00 bits per heavy atom. The minimum Gasteiger partial charge on any atom is -0.457 e. The Labute approximate surface area is 178 Å². The molecule has 0 saturated heterocycles. The number of benzene rings is 2. The zero-order valence-corrected chi connectivity index (χ0v) is 17.7. The van der Waals surface area contributed by atoms with Crippen molar-refractivity contribution in [1.82, 2.24) is 19.6 Å². The van der Waals surface area contributed by atoms with E-state index < -0.39 is 0 Å². The molecule has 7 nitrogen and oxygen atoms in total. The number of anilines is 1. The molecule has 0 radical (unpaired) electrons. The molecule has 0 saturated carbocycles. The summed E-state index contributed by atoms with van der Waals surface area (Å²) in [5.41, 5.74) is 3.75. The van der Waals surface area contributed by atoms with Crippen LogP contribution in [0.3, 0.4) is 0 Å². The Hall–Kier alpha value is -3.39. The quantitative estimate of drug-likeness (QED) is 0.461. The van der Waals surface area contributed by atoms with Crippen LogP contribution in [-0.4, -0.2) is 31.2 Å². The Balaban J connectivity index is 1.35. The number of amides is 1. The molecule has 1 N–H and O–H groups in total. The molecule has 0 atom stereocenters. The summed E-state index contributed by atoms with van der Waals surface area (Å²) in [4.78, 5) is 16.7. The predicted molar refractivity (Wildman–Crippen MR) is 117 cm³/mol. The molecule has 2 aromatic heterocycles. The highest BCUT2D eigenvalue weighted by Gasteiger charge is 2.12. The molecular weight excluding hydrogens is 398 g/mol. The second kappa shape index (κ2) is 8.54. The van der Waals surface area contributed by atoms with E-state index in [1.807, 2.05) is 79.8 Å². The van der Waals surface area contributed by atoms with Crippen molar-refractivity contribution in [3.05, 3.63) is 71.5 Å². The molecule has 8 heteroatoms. The van der Waals surface area contributed by atoms with E-state index in [1.54, 1.807) is 0 Å². The first-order valence-corrected chi connectivity index (χ1v) is 10.4. The Morgan fingerprint density at radius 2 is 1.67 bits per heavy atom. The fourth-order valence-electron chi connectivity index (χ4n) is 2.97. The van der Waals surface area contributed by atoms with Crippen molar-refractivity contribution >= 4 is 29.1 Å². The average Bonchev–Trinajstić information content (AvgIpc) is 3.13. The van der Waals surface area contributed by atoms with Gasteiger partial charge in [-0.25, -0.2) is 4.98 Å². The van der Waals surface area contributed by atoms with E-state index >= 15 is 0 Å². The molecule has 152 valence electrons. The number of thioether (sulfide) groups is 1. The highest BCUT2D eigenvalue weighted by atomic mass is 32.2. The molecule has 0 bridgehead atoms. The number of carbonyl (C=O) groups is 1. The molecule has 0 aliphatic heterocycles. The molecule has 4 aromatic rings. The number of hydrogen-bond donors (Lipinski definition) is 1. The zero-order valence-electron chi connectivity index (χ0n) is 16.9. The van der Waals surface area contributed by atoms with Gasteiger partial charge >= 0.3 is 0 Å². The van der Waals surface area contributed by atoms with Gasteiger partial charge in [0.25, 0.3) is 5.78 Å². The second-order valence-electron chi connectivity index (χ2n) is 6.93. The van der Waals surface area contributed by atoms with Gasteiger partial charge < -0.3 is 10.1 Å². The lowest BCUT2D eigenvalue weighted by Gasteiger charge is -2.08. The number of nitrogens with zero attached hydrogens (tertiary/aromatic N) is 4. The van der Waals surface area contributed by atoms with Gasteiger partial charge in [0.05, 0.1) is 5.75 Å². The molecule has 4 rings (SSSR count). The van der Waals surface area contributed by atoms with Crippen LogP contribution in [0.1, 0.15) is 17.0 Å². The third-order valence-electron chi connectivity index (χ3n) is 4.39. The largest absolute Gasteiger partial charge is 0.457 e. The summed E-state index contributed by atoms with van der Waals surface area (Å²) in [5.74, 6) is 2.12. The number of rotatable bonds is 6. The first-order valence-electron chi connectivity index (χ1n) is 9.44. The average molecular weight is 420 g/mol. The fourth-order valence-corrected chi connectivity index (χ4v) is 3.76. The number of fused-ring (bicyclic) bond motifs is 1. The van der Waals surface area contributed by atoms with Crippen molar-refractivity contribution in [3.63, 3.8) is 0 Å². The number of aromatic nitrogens is 4.